The van der Waals surface area contributed by atoms with Crippen LogP contribution in [0.2, 0.25) is 0 Å². The average Bonchev–Trinajstić information content (AvgIpc) is 2.60. The normalized spacial score (nSPS) is 14.5. The fourth-order valence-electron chi connectivity index (χ4n) is 2.87. The van der Waals surface area contributed by atoms with E-state index in [9.17, 15) is 4.79 Å². The number of amides is 1. The molecule has 0 bridgehead atoms. The van der Waals surface area contributed by atoms with E-state index in [1.54, 1.807) is 0 Å². The van der Waals surface area contributed by atoms with E-state index in [0.29, 0.717) is 12.5 Å². The van der Waals surface area contributed by atoms with E-state index in [1.807, 2.05) is 42.5 Å². The van der Waals surface area contributed by atoms with Gasteiger partial charge in [-0.2, -0.15) is 0 Å². The molecule has 2 aromatic rings. The van der Waals surface area contributed by atoms with Crippen LogP contribution < -0.4 is 16.4 Å². The lowest BCUT2D eigenvalue weighted by Crippen LogP contribution is -2.33. The van der Waals surface area contributed by atoms with Gasteiger partial charge >= 0.3 is 0 Å². The van der Waals surface area contributed by atoms with E-state index in [0.717, 1.165) is 43.5 Å². The summed E-state index contributed by atoms with van der Waals surface area (Å²) in [5.74, 6) is 0.741. The Bertz CT molecular complexity index is 754. The molecule has 0 radical (unpaired) electrons. The third-order valence-electron chi connectivity index (χ3n) is 4.67. The molecule has 1 saturated carbocycles. The molecule has 26 heavy (non-hydrogen) atoms. The second-order valence-electron chi connectivity index (χ2n) is 6.68. The quantitative estimate of drug-likeness (QED) is 0.530. The molecule has 3 rings (SSSR count). The van der Waals surface area contributed by atoms with Crippen molar-refractivity contribution in [3.63, 3.8) is 0 Å². The highest BCUT2D eigenvalue weighted by molar-refractivity contribution is 5.93. The van der Waals surface area contributed by atoms with Crippen LogP contribution >= 0.6 is 0 Å². The molecule has 2 aromatic carbocycles. The Morgan fingerprint density at radius 1 is 1.08 bits per heavy atom. The highest BCUT2D eigenvalue weighted by atomic mass is 16.1. The van der Waals surface area contributed by atoms with Gasteiger partial charge in [-0.3, -0.25) is 4.79 Å². The summed E-state index contributed by atoms with van der Waals surface area (Å²) in [6.07, 6.45) is 4.06. The van der Waals surface area contributed by atoms with Crippen LogP contribution in [0.5, 0.6) is 0 Å². The molecule has 1 fully saturated rings. The van der Waals surface area contributed by atoms with Crippen LogP contribution in [0.3, 0.4) is 0 Å². The minimum Gasteiger partial charge on any atom is -0.370 e. The molecule has 4 N–H and O–H groups in total. The third kappa shape index (κ3) is 5.34. The Hall–Kier alpha value is -2.82. The zero-order chi connectivity index (χ0) is 18.2. The maximum Gasteiger partial charge on any atom is 0.227 e. The van der Waals surface area contributed by atoms with E-state index in [1.165, 1.54) is 5.56 Å². The SMILES string of the molecule is NC(=NCc1cccc(NC(=O)C2CCC2)c1)NCCc1ccccc1. The first-order valence-corrected chi connectivity index (χ1v) is 9.18. The van der Waals surface area contributed by atoms with E-state index in [-0.39, 0.29) is 11.8 Å². The Morgan fingerprint density at radius 3 is 2.58 bits per heavy atom. The first-order valence-electron chi connectivity index (χ1n) is 9.18. The van der Waals surface area contributed by atoms with E-state index >= 15 is 0 Å². The van der Waals surface area contributed by atoms with Gasteiger partial charge in [0.2, 0.25) is 5.91 Å². The molecular formula is C21H26N4O. The van der Waals surface area contributed by atoms with Gasteiger partial charge in [-0.1, -0.05) is 48.9 Å². The first kappa shape index (κ1) is 18.0. The number of benzene rings is 2. The Balaban J connectivity index is 1.46. The van der Waals surface area contributed by atoms with Crippen LogP contribution in [0.1, 0.15) is 30.4 Å². The van der Waals surface area contributed by atoms with Crippen molar-refractivity contribution >= 4 is 17.6 Å². The molecule has 5 nitrogen and oxygen atoms in total. The van der Waals surface area contributed by atoms with Gasteiger partial charge in [-0.15, -0.1) is 0 Å². The average molecular weight is 350 g/mol. The molecule has 0 spiro atoms. The van der Waals surface area contributed by atoms with Gasteiger partial charge in [0.05, 0.1) is 6.54 Å². The molecule has 136 valence electrons. The summed E-state index contributed by atoms with van der Waals surface area (Å²) in [5.41, 5.74) is 9.05. The van der Waals surface area contributed by atoms with Crippen molar-refractivity contribution in [1.29, 1.82) is 0 Å². The minimum atomic E-state index is 0.124. The van der Waals surface area contributed by atoms with Crippen LogP contribution in [0.25, 0.3) is 0 Å². The van der Waals surface area contributed by atoms with Gasteiger partial charge in [0.25, 0.3) is 0 Å². The summed E-state index contributed by atoms with van der Waals surface area (Å²) in [4.78, 5) is 16.4. The number of rotatable bonds is 7. The fourth-order valence-corrected chi connectivity index (χ4v) is 2.87. The smallest absolute Gasteiger partial charge is 0.227 e. The maximum absolute atomic E-state index is 12.0. The molecule has 1 aliphatic carbocycles. The largest absolute Gasteiger partial charge is 0.370 e. The highest BCUT2D eigenvalue weighted by Crippen LogP contribution is 2.27. The van der Waals surface area contributed by atoms with Crippen molar-refractivity contribution in [1.82, 2.24) is 5.32 Å². The molecule has 0 saturated heterocycles. The molecule has 0 atom stereocenters. The lowest BCUT2D eigenvalue weighted by Gasteiger charge is -2.24. The van der Waals surface area contributed by atoms with Crippen LogP contribution in [0, 0.1) is 5.92 Å². The standard InChI is InChI=1S/C21H26N4O/c22-21(23-13-12-16-6-2-1-3-7-16)24-15-17-8-4-11-19(14-17)25-20(26)18-9-5-10-18/h1-4,6-8,11,14,18H,5,9-10,12-13,15H2,(H,25,26)(H3,22,23,24). The van der Waals surface area contributed by atoms with Crippen molar-refractivity contribution in [3.05, 3.63) is 65.7 Å². The predicted molar refractivity (Wildman–Crippen MR) is 106 cm³/mol. The molecule has 0 aliphatic heterocycles. The van der Waals surface area contributed by atoms with Crippen molar-refractivity contribution in [2.75, 3.05) is 11.9 Å². The number of nitrogens with two attached hydrogens (primary N) is 1. The van der Waals surface area contributed by atoms with Crippen molar-refractivity contribution < 1.29 is 4.79 Å². The monoisotopic (exact) mass is 350 g/mol. The number of aliphatic imine (C=N–C) groups is 1. The molecule has 0 aromatic heterocycles. The Labute approximate surface area is 154 Å². The molecule has 1 aliphatic rings. The van der Waals surface area contributed by atoms with Crippen LogP contribution in [0.4, 0.5) is 5.69 Å². The number of guanidine groups is 1. The number of hydrogen-bond donors (Lipinski definition) is 3. The van der Waals surface area contributed by atoms with Crippen LogP contribution in [-0.2, 0) is 17.8 Å². The number of anilines is 1. The molecule has 1 amide bonds. The third-order valence-corrected chi connectivity index (χ3v) is 4.67. The summed E-state index contributed by atoms with van der Waals surface area (Å²) in [6, 6.07) is 18.0. The van der Waals surface area contributed by atoms with E-state index < -0.39 is 0 Å². The summed E-state index contributed by atoms with van der Waals surface area (Å²) < 4.78 is 0. The van der Waals surface area contributed by atoms with E-state index in [4.69, 9.17) is 5.73 Å². The van der Waals surface area contributed by atoms with Crippen molar-refractivity contribution in [2.45, 2.75) is 32.2 Å². The lowest BCUT2D eigenvalue weighted by molar-refractivity contribution is -0.122. The van der Waals surface area contributed by atoms with Crippen LogP contribution in [0.15, 0.2) is 59.6 Å². The summed E-state index contributed by atoms with van der Waals surface area (Å²) in [7, 11) is 0. The highest BCUT2D eigenvalue weighted by Gasteiger charge is 2.25. The molecular weight excluding hydrogens is 324 g/mol. The molecule has 5 heteroatoms. The first-order chi connectivity index (χ1) is 12.7. The topological polar surface area (TPSA) is 79.5 Å². The lowest BCUT2D eigenvalue weighted by atomic mass is 9.85. The van der Waals surface area contributed by atoms with Gasteiger partial charge in [0.1, 0.15) is 0 Å². The Morgan fingerprint density at radius 2 is 1.85 bits per heavy atom. The van der Waals surface area contributed by atoms with Gasteiger partial charge in [0, 0.05) is 18.2 Å². The fraction of sp³-hybridized carbons (Fsp3) is 0.333. The van der Waals surface area contributed by atoms with Gasteiger partial charge < -0.3 is 16.4 Å². The number of nitrogens with one attached hydrogen (secondary N) is 2. The van der Waals surface area contributed by atoms with Gasteiger partial charge in [0.15, 0.2) is 5.96 Å². The minimum absolute atomic E-state index is 0.124. The van der Waals surface area contributed by atoms with Gasteiger partial charge in [-0.05, 0) is 42.5 Å². The molecule has 0 heterocycles. The predicted octanol–water partition coefficient (Wildman–Crippen LogP) is 3.07. The van der Waals surface area contributed by atoms with Crippen LogP contribution in [-0.4, -0.2) is 18.4 Å². The molecule has 0 unspecified atom stereocenters. The summed E-state index contributed by atoms with van der Waals surface area (Å²) in [6.45, 7) is 1.23. The number of carbonyl (C=O) groups is 1. The van der Waals surface area contributed by atoms with Crippen molar-refractivity contribution in [3.8, 4) is 0 Å². The maximum atomic E-state index is 12.0. The number of carbonyl (C=O) groups excluding carboxylic acids is 1. The summed E-state index contributed by atoms with van der Waals surface area (Å²) in [5, 5.41) is 6.13. The summed E-state index contributed by atoms with van der Waals surface area (Å²) >= 11 is 0. The second-order valence-corrected chi connectivity index (χ2v) is 6.68. The number of hydrogen-bond acceptors (Lipinski definition) is 2. The second kappa shape index (κ2) is 9.04. The number of nitrogens with zero attached hydrogens (tertiary/aromatic N) is 1. The van der Waals surface area contributed by atoms with Gasteiger partial charge in [-0.25, -0.2) is 4.99 Å². The van der Waals surface area contributed by atoms with E-state index in [2.05, 4.69) is 27.8 Å². The Kier molecular flexibility index (Phi) is 6.25. The zero-order valence-corrected chi connectivity index (χ0v) is 14.9. The van der Waals surface area contributed by atoms with Crippen molar-refractivity contribution in [2.24, 2.45) is 16.6 Å². The zero-order valence-electron chi connectivity index (χ0n) is 14.9.